The van der Waals surface area contributed by atoms with Crippen molar-refractivity contribution >= 4 is 15.9 Å². The molecule has 128 valence electrons. The maximum atomic E-state index is 12.3. The van der Waals surface area contributed by atoms with Gasteiger partial charge < -0.3 is 9.88 Å². The van der Waals surface area contributed by atoms with Crippen molar-refractivity contribution < 1.29 is 13.2 Å². The Morgan fingerprint density at radius 3 is 2.65 bits per heavy atom. The Labute approximate surface area is 137 Å². The maximum Gasteiger partial charge on any atom is 0.222 e. The number of likely N-dealkylation sites (tertiary alicyclic amines) is 1. The highest BCUT2D eigenvalue weighted by Crippen LogP contribution is 2.49. The van der Waals surface area contributed by atoms with E-state index in [0.717, 1.165) is 50.9 Å². The number of hydrogen-bond acceptors (Lipinski definition) is 3. The number of carbonyl (C=O) groups excluding carboxylic acids is 1. The van der Waals surface area contributed by atoms with Crippen LogP contribution < -0.4 is 4.72 Å². The van der Waals surface area contributed by atoms with E-state index in [1.54, 1.807) is 0 Å². The molecule has 7 heteroatoms. The zero-order chi connectivity index (χ0) is 16.5. The largest absolute Gasteiger partial charge is 0.365 e. The maximum absolute atomic E-state index is 12.3. The van der Waals surface area contributed by atoms with E-state index in [0.29, 0.717) is 6.42 Å². The lowest BCUT2D eigenvalue weighted by Crippen LogP contribution is -2.55. The summed E-state index contributed by atoms with van der Waals surface area (Å²) >= 11 is 0. The Morgan fingerprint density at radius 2 is 2.09 bits per heavy atom. The number of piperidine rings is 1. The molecule has 23 heavy (non-hydrogen) atoms. The number of aromatic nitrogens is 1. The summed E-state index contributed by atoms with van der Waals surface area (Å²) in [5.41, 5.74) is 1.35. The fourth-order valence-electron chi connectivity index (χ4n) is 3.93. The van der Waals surface area contributed by atoms with Crippen LogP contribution in [0.3, 0.4) is 0 Å². The summed E-state index contributed by atoms with van der Waals surface area (Å²) in [6.07, 6.45) is 8.19. The summed E-state index contributed by atoms with van der Waals surface area (Å²) < 4.78 is 25.2. The van der Waals surface area contributed by atoms with E-state index in [-0.39, 0.29) is 17.4 Å². The predicted molar refractivity (Wildman–Crippen MR) is 88.4 cm³/mol. The molecule has 1 aliphatic carbocycles. The van der Waals surface area contributed by atoms with Gasteiger partial charge in [0.15, 0.2) is 0 Å². The second kappa shape index (κ2) is 6.28. The lowest BCUT2D eigenvalue weighted by Gasteiger charge is -2.52. The van der Waals surface area contributed by atoms with Crippen LogP contribution in [0.15, 0.2) is 18.3 Å². The van der Waals surface area contributed by atoms with Crippen molar-refractivity contribution in [1.29, 1.82) is 0 Å². The number of H-pyrrole nitrogens is 1. The van der Waals surface area contributed by atoms with Crippen molar-refractivity contribution in [3.8, 4) is 0 Å². The van der Waals surface area contributed by atoms with Crippen LogP contribution in [-0.2, 0) is 21.2 Å². The van der Waals surface area contributed by atoms with Crippen LogP contribution in [0.4, 0.5) is 0 Å². The van der Waals surface area contributed by atoms with E-state index in [9.17, 15) is 13.2 Å². The van der Waals surface area contributed by atoms with Crippen molar-refractivity contribution in [1.82, 2.24) is 14.6 Å². The van der Waals surface area contributed by atoms with Crippen molar-refractivity contribution in [2.75, 3.05) is 19.3 Å². The average molecular weight is 339 g/mol. The SMILES string of the molecule is CS(=O)(=O)NC1CC2(CCN(C(=O)CCc3ccc[nH]3)CC2)C1. The van der Waals surface area contributed by atoms with Gasteiger partial charge in [0.2, 0.25) is 15.9 Å². The smallest absolute Gasteiger partial charge is 0.222 e. The van der Waals surface area contributed by atoms with Gasteiger partial charge in [0.25, 0.3) is 0 Å². The predicted octanol–water partition coefficient (Wildman–Crippen LogP) is 1.27. The second-order valence-corrected chi connectivity index (χ2v) is 8.85. The third kappa shape index (κ3) is 4.14. The van der Waals surface area contributed by atoms with Crippen LogP contribution in [-0.4, -0.2) is 49.6 Å². The quantitative estimate of drug-likeness (QED) is 0.847. The number of nitrogens with zero attached hydrogens (tertiary/aromatic N) is 1. The van der Waals surface area contributed by atoms with Crippen LogP contribution >= 0.6 is 0 Å². The molecule has 0 unspecified atom stereocenters. The van der Waals surface area contributed by atoms with Crippen LogP contribution in [0, 0.1) is 5.41 Å². The molecule has 0 atom stereocenters. The lowest BCUT2D eigenvalue weighted by atomic mass is 9.60. The number of sulfonamides is 1. The van der Waals surface area contributed by atoms with Crippen molar-refractivity contribution in [2.24, 2.45) is 5.41 Å². The van der Waals surface area contributed by atoms with Crippen LogP contribution in [0.2, 0.25) is 0 Å². The van der Waals surface area contributed by atoms with Gasteiger partial charge in [0, 0.05) is 37.4 Å². The van der Waals surface area contributed by atoms with Crippen molar-refractivity contribution in [2.45, 2.75) is 44.6 Å². The molecule has 6 nitrogen and oxygen atoms in total. The minimum Gasteiger partial charge on any atom is -0.365 e. The third-order valence-corrected chi connectivity index (χ3v) is 5.95. The lowest BCUT2D eigenvalue weighted by molar-refractivity contribution is -0.134. The summed E-state index contributed by atoms with van der Waals surface area (Å²) in [6.45, 7) is 1.60. The van der Waals surface area contributed by atoms with E-state index in [4.69, 9.17) is 0 Å². The van der Waals surface area contributed by atoms with E-state index in [1.165, 1.54) is 6.26 Å². The standard InChI is InChI=1S/C16H25N3O3S/c1-23(21,22)18-14-11-16(12-14)6-9-19(10-7-16)15(20)5-4-13-3-2-8-17-13/h2-3,8,14,17-18H,4-7,9-12H2,1H3. The van der Waals surface area contributed by atoms with Gasteiger partial charge in [-0.05, 0) is 49.7 Å². The molecule has 2 fully saturated rings. The molecular formula is C16H25N3O3S. The second-order valence-electron chi connectivity index (χ2n) is 7.07. The van der Waals surface area contributed by atoms with Crippen LogP contribution in [0.25, 0.3) is 0 Å². The van der Waals surface area contributed by atoms with Gasteiger partial charge in [-0.15, -0.1) is 0 Å². The molecule has 1 saturated carbocycles. The van der Waals surface area contributed by atoms with Gasteiger partial charge in [-0.2, -0.15) is 0 Å². The Bertz CT molecular complexity index is 638. The molecule has 1 saturated heterocycles. The van der Waals surface area contributed by atoms with Crippen LogP contribution in [0.1, 0.15) is 37.8 Å². The highest BCUT2D eigenvalue weighted by molar-refractivity contribution is 7.88. The molecule has 1 aliphatic heterocycles. The van der Waals surface area contributed by atoms with Crippen molar-refractivity contribution in [3.05, 3.63) is 24.0 Å². The van der Waals surface area contributed by atoms with Crippen LogP contribution in [0.5, 0.6) is 0 Å². The fraction of sp³-hybridized carbons (Fsp3) is 0.688. The Balaban J connectivity index is 1.41. The summed E-state index contributed by atoms with van der Waals surface area (Å²) in [7, 11) is -3.11. The molecule has 0 aromatic carbocycles. The zero-order valence-corrected chi connectivity index (χ0v) is 14.4. The first-order valence-corrected chi connectivity index (χ1v) is 10.1. The zero-order valence-electron chi connectivity index (χ0n) is 13.5. The van der Waals surface area contributed by atoms with Gasteiger partial charge in [0.05, 0.1) is 6.26 Å². The molecular weight excluding hydrogens is 314 g/mol. The van der Waals surface area contributed by atoms with E-state index >= 15 is 0 Å². The Kier molecular flexibility index (Phi) is 4.51. The fourth-order valence-corrected chi connectivity index (χ4v) is 4.71. The molecule has 1 amide bonds. The van der Waals surface area contributed by atoms with Gasteiger partial charge in [-0.25, -0.2) is 13.1 Å². The monoisotopic (exact) mass is 339 g/mol. The van der Waals surface area contributed by atoms with E-state index < -0.39 is 10.0 Å². The minimum absolute atomic E-state index is 0.0835. The first kappa shape index (κ1) is 16.5. The Hall–Kier alpha value is -1.34. The number of aromatic amines is 1. The molecule has 0 radical (unpaired) electrons. The first-order valence-electron chi connectivity index (χ1n) is 8.23. The average Bonchev–Trinajstić information content (AvgIpc) is 2.95. The molecule has 2 aliphatic rings. The number of amides is 1. The number of rotatable bonds is 5. The van der Waals surface area contributed by atoms with Gasteiger partial charge in [-0.3, -0.25) is 4.79 Å². The molecule has 1 spiro atoms. The molecule has 0 bridgehead atoms. The number of nitrogens with one attached hydrogen (secondary N) is 2. The highest BCUT2D eigenvalue weighted by atomic mass is 32.2. The molecule has 2 heterocycles. The number of hydrogen-bond donors (Lipinski definition) is 2. The molecule has 3 rings (SSSR count). The van der Waals surface area contributed by atoms with Gasteiger partial charge >= 0.3 is 0 Å². The number of aryl methyl sites for hydroxylation is 1. The first-order chi connectivity index (χ1) is 10.9. The topological polar surface area (TPSA) is 82.3 Å². The van der Waals surface area contributed by atoms with Crippen molar-refractivity contribution in [3.63, 3.8) is 0 Å². The van der Waals surface area contributed by atoms with E-state index in [2.05, 4.69) is 9.71 Å². The summed E-state index contributed by atoms with van der Waals surface area (Å²) in [5.74, 6) is 0.222. The third-order valence-electron chi connectivity index (χ3n) is 5.19. The summed E-state index contributed by atoms with van der Waals surface area (Å²) in [5, 5.41) is 0. The normalized spacial score (nSPS) is 21.3. The summed E-state index contributed by atoms with van der Waals surface area (Å²) in [4.78, 5) is 17.4. The molecule has 1 aromatic rings. The number of carbonyl (C=O) groups is 1. The molecule has 2 N–H and O–H groups in total. The molecule has 1 aromatic heterocycles. The van der Waals surface area contributed by atoms with E-state index in [1.807, 2.05) is 23.2 Å². The van der Waals surface area contributed by atoms with Gasteiger partial charge in [-0.1, -0.05) is 0 Å². The minimum atomic E-state index is -3.11. The Morgan fingerprint density at radius 1 is 1.39 bits per heavy atom. The van der Waals surface area contributed by atoms with Gasteiger partial charge in [0.1, 0.15) is 0 Å². The highest BCUT2D eigenvalue weighted by Gasteiger charge is 2.46. The summed E-state index contributed by atoms with van der Waals surface area (Å²) in [6, 6.07) is 4.03.